The van der Waals surface area contributed by atoms with Gasteiger partial charge in [-0.15, -0.1) is 0 Å². The molecule has 7 nitrogen and oxygen atoms in total. The van der Waals surface area contributed by atoms with E-state index in [1.807, 2.05) is 30.3 Å². The number of hydrogen-bond donors (Lipinski definition) is 5. The molecule has 1 aromatic carbocycles. The van der Waals surface area contributed by atoms with Gasteiger partial charge in [-0.1, -0.05) is 18.2 Å². The third-order valence-corrected chi connectivity index (χ3v) is 2.85. The molecule has 7 heteroatoms. The summed E-state index contributed by atoms with van der Waals surface area (Å²) in [6.45, 7) is 0.903. The molecule has 6 N–H and O–H groups in total. The number of nitrogen functional groups attached to an aromatic ring is 1. The molecule has 2 aromatic rings. The zero-order valence-electron chi connectivity index (χ0n) is 11.7. The van der Waals surface area contributed by atoms with E-state index in [1.165, 1.54) is 0 Å². The summed E-state index contributed by atoms with van der Waals surface area (Å²) < 4.78 is 0. The number of rotatable bonds is 8. The van der Waals surface area contributed by atoms with Crippen LogP contribution in [0.3, 0.4) is 0 Å². The second kappa shape index (κ2) is 8.03. The van der Waals surface area contributed by atoms with Gasteiger partial charge in [0.25, 0.3) is 0 Å². The number of aliphatic hydroxyl groups is 1. The number of para-hydroxylation sites is 1. The van der Waals surface area contributed by atoms with Crippen molar-refractivity contribution in [3.63, 3.8) is 0 Å². The largest absolute Gasteiger partial charge is 0.396 e. The van der Waals surface area contributed by atoms with Crippen LogP contribution in [-0.4, -0.2) is 28.2 Å². The van der Waals surface area contributed by atoms with Gasteiger partial charge in [0, 0.05) is 18.8 Å². The Kier molecular flexibility index (Phi) is 5.74. The van der Waals surface area contributed by atoms with Crippen LogP contribution in [0.2, 0.25) is 0 Å². The highest BCUT2D eigenvalue weighted by atomic mass is 16.2. The molecule has 0 aliphatic heterocycles. The van der Waals surface area contributed by atoms with Crippen molar-refractivity contribution in [1.82, 2.24) is 9.97 Å². The van der Waals surface area contributed by atoms with Crippen LogP contribution in [0.1, 0.15) is 12.8 Å². The molecule has 1 heterocycles. The maximum Gasteiger partial charge on any atom is 0.224 e. The zero-order chi connectivity index (χ0) is 14.9. The molecule has 0 saturated heterocycles. The van der Waals surface area contributed by atoms with Gasteiger partial charge in [-0.25, -0.2) is 4.98 Å². The summed E-state index contributed by atoms with van der Waals surface area (Å²) in [7, 11) is 0. The van der Waals surface area contributed by atoms with Gasteiger partial charge in [0.05, 0.1) is 6.20 Å². The third kappa shape index (κ3) is 4.59. The van der Waals surface area contributed by atoms with Crippen molar-refractivity contribution in [3.8, 4) is 0 Å². The molecular formula is C14H20N6O. The summed E-state index contributed by atoms with van der Waals surface area (Å²) in [5, 5.41) is 15.1. The van der Waals surface area contributed by atoms with Crippen LogP contribution < -0.4 is 21.9 Å². The van der Waals surface area contributed by atoms with Gasteiger partial charge in [-0.3, -0.25) is 5.84 Å². The van der Waals surface area contributed by atoms with Gasteiger partial charge in [0.1, 0.15) is 5.69 Å². The van der Waals surface area contributed by atoms with Crippen LogP contribution in [0.25, 0.3) is 0 Å². The van der Waals surface area contributed by atoms with Gasteiger partial charge in [0.15, 0.2) is 5.82 Å². The van der Waals surface area contributed by atoms with Crippen LogP contribution >= 0.6 is 0 Å². The van der Waals surface area contributed by atoms with E-state index in [0.29, 0.717) is 24.0 Å². The Morgan fingerprint density at radius 1 is 1.14 bits per heavy atom. The Hall–Kier alpha value is -2.38. The number of aromatic nitrogens is 2. The number of hydrazine groups is 1. The Labute approximate surface area is 123 Å². The molecule has 0 radical (unpaired) electrons. The first-order chi connectivity index (χ1) is 10.3. The third-order valence-electron chi connectivity index (χ3n) is 2.85. The first kappa shape index (κ1) is 15.0. The van der Waals surface area contributed by atoms with E-state index >= 15 is 0 Å². The minimum Gasteiger partial charge on any atom is -0.396 e. The average molecular weight is 288 g/mol. The fourth-order valence-corrected chi connectivity index (χ4v) is 1.76. The molecule has 0 amide bonds. The minimum absolute atomic E-state index is 0.194. The van der Waals surface area contributed by atoms with Crippen LogP contribution in [0.15, 0.2) is 36.5 Å². The SMILES string of the molecule is NNc1cnc(NCCCCO)nc1Nc1ccccc1. The van der Waals surface area contributed by atoms with Gasteiger partial charge < -0.3 is 21.2 Å². The molecule has 0 spiro atoms. The van der Waals surface area contributed by atoms with Gasteiger partial charge in [-0.2, -0.15) is 4.98 Å². The molecular weight excluding hydrogens is 268 g/mol. The molecule has 0 saturated carbocycles. The second-order valence-electron chi connectivity index (χ2n) is 4.45. The van der Waals surface area contributed by atoms with Crippen LogP contribution in [0, 0.1) is 0 Å². The topological polar surface area (TPSA) is 108 Å². The first-order valence-electron chi connectivity index (χ1n) is 6.84. The Balaban J connectivity index is 2.07. The lowest BCUT2D eigenvalue weighted by molar-refractivity contribution is 0.286. The zero-order valence-corrected chi connectivity index (χ0v) is 11.7. The van der Waals surface area contributed by atoms with Crippen molar-refractivity contribution in [1.29, 1.82) is 0 Å². The highest BCUT2D eigenvalue weighted by Crippen LogP contribution is 2.22. The van der Waals surface area contributed by atoms with Crippen molar-refractivity contribution >= 4 is 23.1 Å². The number of unbranched alkanes of at least 4 members (excludes halogenated alkanes) is 1. The van der Waals surface area contributed by atoms with Gasteiger partial charge in [0.2, 0.25) is 5.95 Å². The molecule has 0 atom stereocenters. The lowest BCUT2D eigenvalue weighted by Crippen LogP contribution is -2.13. The fourth-order valence-electron chi connectivity index (χ4n) is 1.76. The number of nitrogens with one attached hydrogen (secondary N) is 3. The predicted octanol–water partition coefficient (Wildman–Crippen LogP) is 1.69. The minimum atomic E-state index is 0.194. The summed E-state index contributed by atoms with van der Waals surface area (Å²) in [5.74, 6) is 6.60. The number of nitrogens with zero attached hydrogens (tertiary/aromatic N) is 2. The van der Waals surface area contributed by atoms with Gasteiger partial charge in [-0.05, 0) is 25.0 Å². The van der Waals surface area contributed by atoms with E-state index in [-0.39, 0.29) is 6.61 Å². The Morgan fingerprint density at radius 2 is 1.95 bits per heavy atom. The van der Waals surface area contributed by atoms with E-state index in [9.17, 15) is 0 Å². The molecule has 0 aliphatic rings. The second-order valence-corrected chi connectivity index (χ2v) is 4.45. The van der Waals surface area contributed by atoms with Crippen molar-refractivity contribution < 1.29 is 5.11 Å². The highest BCUT2D eigenvalue weighted by molar-refractivity contribution is 5.70. The van der Waals surface area contributed by atoms with E-state index in [4.69, 9.17) is 10.9 Å². The smallest absolute Gasteiger partial charge is 0.224 e. The van der Waals surface area contributed by atoms with E-state index in [2.05, 4.69) is 26.0 Å². The molecule has 2 rings (SSSR count). The Bertz CT molecular complexity index is 548. The van der Waals surface area contributed by atoms with Gasteiger partial charge >= 0.3 is 0 Å². The molecule has 0 bridgehead atoms. The molecule has 21 heavy (non-hydrogen) atoms. The van der Waals surface area contributed by atoms with Crippen LogP contribution in [0.5, 0.6) is 0 Å². The molecule has 1 aromatic heterocycles. The van der Waals surface area contributed by atoms with Crippen molar-refractivity contribution in [2.24, 2.45) is 5.84 Å². The first-order valence-corrected chi connectivity index (χ1v) is 6.84. The maximum atomic E-state index is 8.75. The summed E-state index contributed by atoms with van der Waals surface area (Å²) in [6, 6.07) is 9.70. The van der Waals surface area contributed by atoms with Crippen molar-refractivity contribution in [3.05, 3.63) is 36.5 Å². The average Bonchev–Trinajstić information content (AvgIpc) is 2.53. The number of nitrogens with two attached hydrogens (primary N) is 1. The van der Waals surface area contributed by atoms with Crippen molar-refractivity contribution in [2.75, 3.05) is 29.2 Å². The number of hydrogen-bond acceptors (Lipinski definition) is 7. The predicted molar refractivity (Wildman–Crippen MR) is 84.4 cm³/mol. The van der Waals surface area contributed by atoms with Crippen LogP contribution in [0.4, 0.5) is 23.1 Å². The number of anilines is 4. The van der Waals surface area contributed by atoms with E-state index < -0.39 is 0 Å². The standard InChI is InChI=1S/C14H20N6O/c15-20-12-10-17-14(16-8-4-5-9-21)19-13(12)18-11-6-2-1-3-7-11/h1-3,6-7,10,20-21H,4-5,8-9,15H2,(H2,16,17,18,19). The number of aliphatic hydroxyl groups excluding tert-OH is 1. The molecule has 0 fully saturated rings. The molecule has 112 valence electrons. The quantitative estimate of drug-likeness (QED) is 0.286. The summed E-state index contributed by atoms with van der Waals surface area (Å²) >= 11 is 0. The summed E-state index contributed by atoms with van der Waals surface area (Å²) in [4.78, 5) is 8.58. The molecule has 0 aliphatic carbocycles. The monoisotopic (exact) mass is 288 g/mol. The lowest BCUT2D eigenvalue weighted by atomic mass is 10.3. The maximum absolute atomic E-state index is 8.75. The Morgan fingerprint density at radius 3 is 2.67 bits per heavy atom. The van der Waals surface area contributed by atoms with E-state index in [0.717, 1.165) is 18.5 Å². The van der Waals surface area contributed by atoms with E-state index in [1.54, 1.807) is 6.20 Å². The molecule has 0 unspecified atom stereocenters. The normalized spacial score (nSPS) is 10.2. The lowest BCUT2D eigenvalue weighted by Gasteiger charge is -2.12. The fraction of sp³-hybridized carbons (Fsp3) is 0.286. The van der Waals surface area contributed by atoms with Crippen LogP contribution in [-0.2, 0) is 0 Å². The van der Waals surface area contributed by atoms with Crippen molar-refractivity contribution in [2.45, 2.75) is 12.8 Å². The summed E-state index contributed by atoms with van der Waals surface area (Å²) in [5.41, 5.74) is 4.10. The number of benzene rings is 1. The highest BCUT2D eigenvalue weighted by Gasteiger charge is 2.06. The summed E-state index contributed by atoms with van der Waals surface area (Å²) in [6.07, 6.45) is 3.23.